The number of hydrogen-bond acceptors (Lipinski definition) is 5. The maximum atomic E-state index is 13.4. The Morgan fingerprint density at radius 1 is 1.14 bits per heavy atom. The zero-order chi connectivity index (χ0) is 20.9. The summed E-state index contributed by atoms with van der Waals surface area (Å²) in [6.45, 7) is 0.781. The van der Waals surface area contributed by atoms with Gasteiger partial charge in [-0.3, -0.25) is 19.4 Å². The number of hydrogen-bond donors (Lipinski definition) is 2. The summed E-state index contributed by atoms with van der Waals surface area (Å²) in [4.78, 5) is 43.6. The van der Waals surface area contributed by atoms with Crippen LogP contribution in [0.25, 0.3) is 0 Å². The highest BCUT2D eigenvalue weighted by Crippen LogP contribution is 2.49. The summed E-state index contributed by atoms with van der Waals surface area (Å²) in [7, 11) is 4.66. The van der Waals surface area contributed by atoms with Crippen LogP contribution in [0.2, 0.25) is 0 Å². The minimum atomic E-state index is -1.28. The van der Waals surface area contributed by atoms with Crippen LogP contribution in [0, 0.1) is 5.41 Å². The molecule has 1 aromatic carbocycles. The van der Waals surface area contributed by atoms with Gasteiger partial charge in [0, 0.05) is 39.1 Å². The van der Waals surface area contributed by atoms with Gasteiger partial charge in [0.05, 0.1) is 6.04 Å². The second kappa shape index (κ2) is 6.98. The van der Waals surface area contributed by atoms with Crippen LogP contribution in [0.1, 0.15) is 24.8 Å². The van der Waals surface area contributed by atoms with Crippen molar-refractivity contribution in [3.05, 3.63) is 23.8 Å². The standard InChI is InChI=1S/C20H25N5O3S/c1-21-18(29)22-13-7-8-14-12(10-13)11-20(15-6-4-5-9-25(14)15)16(26)23(2)19(28)24(3)17(20)27/h7-8,10,15H,4-6,9,11H2,1-3H3,(H2,21,22,29)/t15-/m0/s1. The Hall–Kier alpha value is -2.68. The van der Waals surface area contributed by atoms with E-state index in [1.165, 1.54) is 14.1 Å². The molecule has 0 unspecified atom stereocenters. The summed E-state index contributed by atoms with van der Waals surface area (Å²) in [5, 5.41) is 6.47. The van der Waals surface area contributed by atoms with E-state index in [1.54, 1.807) is 7.05 Å². The molecule has 0 aliphatic carbocycles. The molecule has 0 radical (unpaired) electrons. The zero-order valence-electron chi connectivity index (χ0n) is 16.8. The second-order valence-corrected chi connectivity index (χ2v) is 8.32. The average molecular weight is 416 g/mol. The molecule has 2 fully saturated rings. The second-order valence-electron chi connectivity index (χ2n) is 7.91. The van der Waals surface area contributed by atoms with Gasteiger partial charge in [0.25, 0.3) is 0 Å². The lowest BCUT2D eigenvalue weighted by Crippen LogP contribution is -2.72. The van der Waals surface area contributed by atoms with Gasteiger partial charge >= 0.3 is 6.03 Å². The number of anilines is 2. The highest BCUT2D eigenvalue weighted by Gasteiger charge is 2.63. The van der Waals surface area contributed by atoms with Crippen LogP contribution in [0.5, 0.6) is 0 Å². The largest absolute Gasteiger partial charge is 0.367 e. The summed E-state index contributed by atoms with van der Waals surface area (Å²) in [5.74, 6) is -0.811. The van der Waals surface area contributed by atoms with Crippen molar-refractivity contribution in [2.75, 3.05) is 37.9 Å². The SMILES string of the molecule is CNC(=S)Nc1ccc2c(c1)CC1(C(=O)N(C)C(=O)N(C)C1=O)[C@@H]1CCCCN21. The van der Waals surface area contributed by atoms with Gasteiger partial charge in [-0.05, 0) is 61.7 Å². The Kier molecular flexibility index (Phi) is 4.72. The van der Waals surface area contributed by atoms with Crippen LogP contribution in [-0.4, -0.2) is 66.5 Å². The first-order chi connectivity index (χ1) is 13.8. The van der Waals surface area contributed by atoms with E-state index < -0.39 is 23.3 Å². The van der Waals surface area contributed by atoms with E-state index in [0.29, 0.717) is 5.11 Å². The predicted octanol–water partition coefficient (Wildman–Crippen LogP) is 1.55. The molecule has 29 heavy (non-hydrogen) atoms. The zero-order valence-corrected chi connectivity index (χ0v) is 17.6. The molecule has 0 aromatic heterocycles. The van der Waals surface area contributed by atoms with Crippen molar-refractivity contribution in [1.82, 2.24) is 15.1 Å². The lowest BCUT2D eigenvalue weighted by molar-refractivity contribution is -0.159. The van der Waals surface area contributed by atoms with Gasteiger partial charge < -0.3 is 15.5 Å². The molecule has 1 atom stereocenters. The van der Waals surface area contributed by atoms with Gasteiger partial charge in [-0.1, -0.05) is 0 Å². The predicted molar refractivity (Wildman–Crippen MR) is 114 cm³/mol. The van der Waals surface area contributed by atoms with Crippen molar-refractivity contribution in [2.24, 2.45) is 5.41 Å². The molecule has 0 bridgehead atoms. The first-order valence-electron chi connectivity index (χ1n) is 9.80. The number of carbonyl (C=O) groups is 3. The van der Waals surface area contributed by atoms with Crippen LogP contribution in [-0.2, 0) is 16.0 Å². The van der Waals surface area contributed by atoms with Crippen molar-refractivity contribution in [1.29, 1.82) is 0 Å². The first kappa shape index (κ1) is 19.6. The Labute approximate surface area is 175 Å². The van der Waals surface area contributed by atoms with Gasteiger partial charge in [0.15, 0.2) is 10.5 Å². The molecule has 0 saturated carbocycles. The molecule has 3 heterocycles. The topological polar surface area (TPSA) is 85.0 Å². The highest BCUT2D eigenvalue weighted by atomic mass is 32.1. The van der Waals surface area contributed by atoms with Gasteiger partial charge in [-0.15, -0.1) is 0 Å². The maximum Gasteiger partial charge on any atom is 0.332 e. The van der Waals surface area contributed by atoms with Gasteiger partial charge in [-0.2, -0.15) is 0 Å². The van der Waals surface area contributed by atoms with E-state index in [2.05, 4.69) is 15.5 Å². The number of thiocarbonyl (C=S) groups is 1. The van der Waals surface area contributed by atoms with Gasteiger partial charge in [-0.25, -0.2) is 4.79 Å². The van der Waals surface area contributed by atoms with E-state index in [-0.39, 0.29) is 12.5 Å². The number of piperidine rings is 1. The molecule has 154 valence electrons. The molecule has 8 nitrogen and oxygen atoms in total. The molecule has 4 amide bonds. The molecule has 3 aliphatic rings. The van der Waals surface area contributed by atoms with Crippen LogP contribution in [0.15, 0.2) is 18.2 Å². The van der Waals surface area contributed by atoms with Crippen molar-refractivity contribution in [2.45, 2.75) is 31.7 Å². The Bertz CT molecular complexity index is 893. The van der Waals surface area contributed by atoms with Crippen molar-refractivity contribution < 1.29 is 14.4 Å². The number of urea groups is 1. The van der Waals surface area contributed by atoms with Crippen molar-refractivity contribution in [3.63, 3.8) is 0 Å². The van der Waals surface area contributed by atoms with E-state index in [4.69, 9.17) is 12.2 Å². The minimum Gasteiger partial charge on any atom is -0.367 e. The molecular formula is C20H25N5O3S. The number of rotatable bonds is 1. The number of amides is 4. The molecule has 9 heteroatoms. The summed E-state index contributed by atoms with van der Waals surface area (Å²) in [6.07, 6.45) is 2.97. The molecule has 2 N–H and O–H groups in total. The molecule has 1 aromatic rings. The Morgan fingerprint density at radius 3 is 2.48 bits per heavy atom. The molecular weight excluding hydrogens is 390 g/mol. The lowest BCUT2D eigenvalue weighted by Gasteiger charge is -2.54. The Balaban J connectivity index is 1.84. The van der Waals surface area contributed by atoms with Crippen LogP contribution >= 0.6 is 12.2 Å². The van der Waals surface area contributed by atoms with E-state index in [9.17, 15) is 14.4 Å². The summed E-state index contributed by atoms with van der Waals surface area (Å²) in [6, 6.07) is 5.10. The van der Waals surface area contributed by atoms with Gasteiger partial charge in [0.2, 0.25) is 11.8 Å². The maximum absolute atomic E-state index is 13.4. The molecule has 1 spiro atoms. The third-order valence-electron chi connectivity index (χ3n) is 6.36. The number of nitrogens with one attached hydrogen (secondary N) is 2. The third-order valence-corrected chi connectivity index (χ3v) is 6.67. The minimum absolute atomic E-state index is 0.251. The van der Waals surface area contributed by atoms with Crippen molar-refractivity contribution in [3.8, 4) is 0 Å². The third kappa shape index (κ3) is 2.78. The molecule has 3 aliphatic heterocycles. The molecule has 2 saturated heterocycles. The van der Waals surface area contributed by atoms with Gasteiger partial charge in [0.1, 0.15) is 0 Å². The first-order valence-corrected chi connectivity index (χ1v) is 10.2. The summed E-state index contributed by atoms with van der Waals surface area (Å²) >= 11 is 5.19. The number of nitrogens with zero attached hydrogens (tertiary/aromatic N) is 3. The smallest absolute Gasteiger partial charge is 0.332 e. The van der Waals surface area contributed by atoms with Crippen LogP contribution < -0.4 is 15.5 Å². The number of barbiturate groups is 1. The fourth-order valence-corrected chi connectivity index (χ4v) is 5.07. The van der Waals surface area contributed by atoms with Crippen LogP contribution in [0.3, 0.4) is 0 Å². The van der Waals surface area contributed by atoms with E-state index >= 15 is 0 Å². The summed E-state index contributed by atoms with van der Waals surface area (Å²) < 4.78 is 0. The van der Waals surface area contributed by atoms with Crippen LogP contribution in [0.4, 0.5) is 16.2 Å². The summed E-state index contributed by atoms with van der Waals surface area (Å²) in [5.41, 5.74) is 1.46. The fraction of sp³-hybridized carbons (Fsp3) is 0.500. The Morgan fingerprint density at radius 2 is 1.83 bits per heavy atom. The van der Waals surface area contributed by atoms with E-state index in [0.717, 1.165) is 52.5 Å². The monoisotopic (exact) mass is 415 g/mol. The number of fused-ring (bicyclic) bond motifs is 4. The lowest BCUT2D eigenvalue weighted by atomic mass is 9.66. The van der Waals surface area contributed by atoms with E-state index in [1.807, 2.05) is 18.2 Å². The number of carbonyl (C=O) groups excluding carboxylic acids is 3. The number of benzene rings is 1. The fourth-order valence-electron chi connectivity index (χ4n) is 4.95. The van der Waals surface area contributed by atoms with Crippen molar-refractivity contribution >= 4 is 46.6 Å². The average Bonchev–Trinajstić information content (AvgIpc) is 2.74. The molecule has 4 rings (SSSR count). The normalized spacial score (nSPS) is 23.1. The number of imide groups is 2. The highest BCUT2D eigenvalue weighted by molar-refractivity contribution is 7.80. The quantitative estimate of drug-likeness (QED) is 0.532.